The van der Waals surface area contributed by atoms with Crippen LogP contribution in [0.15, 0.2) is 0 Å². The topological polar surface area (TPSA) is 44.5 Å². The normalized spacial score (nSPS) is 35.2. The van der Waals surface area contributed by atoms with Crippen molar-refractivity contribution in [2.45, 2.75) is 31.0 Å². The Balaban J connectivity index is 1.84. The van der Waals surface area contributed by atoms with Crippen molar-refractivity contribution in [1.29, 1.82) is 0 Å². The van der Waals surface area contributed by atoms with Gasteiger partial charge in [0, 0.05) is 26.2 Å². The third-order valence-corrected chi connectivity index (χ3v) is 2.68. The van der Waals surface area contributed by atoms with Crippen molar-refractivity contribution < 1.29 is 9.47 Å². The minimum atomic E-state index is 0.169. The first kappa shape index (κ1) is 7.53. The molecule has 2 aliphatic rings. The molecule has 1 atom stereocenters. The van der Waals surface area contributed by atoms with Crippen LogP contribution in [0.3, 0.4) is 0 Å². The van der Waals surface area contributed by atoms with E-state index in [0.29, 0.717) is 12.6 Å². The molecule has 3 heteroatoms. The Labute approximate surface area is 66.8 Å². The van der Waals surface area contributed by atoms with Crippen LogP contribution in [0.2, 0.25) is 0 Å². The van der Waals surface area contributed by atoms with Gasteiger partial charge in [-0.2, -0.15) is 0 Å². The lowest BCUT2D eigenvalue weighted by atomic mass is 9.82. The fourth-order valence-corrected chi connectivity index (χ4v) is 1.96. The van der Waals surface area contributed by atoms with Gasteiger partial charge < -0.3 is 15.2 Å². The molecule has 2 aliphatic heterocycles. The van der Waals surface area contributed by atoms with Crippen LogP contribution in [-0.2, 0) is 9.47 Å². The Morgan fingerprint density at radius 2 is 2.00 bits per heavy atom. The van der Waals surface area contributed by atoms with Crippen LogP contribution in [0.5, 0.6) is 0 Å². The maximum absolute atomic E-state index is 5.71. The van der Waals surface area contributed by atoms with Crippen molar-refractivity contribution >= 4 is 0 Å². The summed E-state index contributed by atoms with van der Waals surface area (Å²) in [6, 6.07) is 0. The Kier molecular flexibility index (Phi) is 1.87. The molecule has 0 amide bonds. The van der Waals surface area contributed by atoms with Crippen LogP contribution in [0.4, 0.5) is 0 Å². The lowest BCUT2D eigenvalue weighted by molar-refractivity contribution is -0.232. The van der Waals surface area contributed by atoms with Crippen LogP contribution >= 0.6 is 0 Å². The highest BCUT2D eigenvalue weighted by Gasteiger charge is 2.45. The molecule has 2 saturated heterocycles. The molecule has 0 aromatic rings. The van der Waals surface area contributed by atoms with Gasteiger partial charge in [0.15, 0.2) is 0 Å². The molecule has 2 rings (SSSR count). The predicted molar refractivity (Wildman–Crippen MR) is 41.3 cm³/mol. The molecule has 2 fully saturated rings. The van der Waals surface area contributed by atoms with Crippen LogP contribution in [0.1, 0.15) is 19.3 Å². The lowest BCUT2D eigenvalue weighted by Crippen LogP contribution is -2.55. The molecule has 0 aromatic heterocycles. The molecule has 2 N–H and O–H groups in total. The van der Waals surface area contributed by atoms with Gasteiger partial charge in [0.25, 0.3) is 0 Å². The minimum absolute atomic E-state index is 0.169. The quantitative estimate of drug-likeness (QED) is 0.594. The molecule has 0 aliphatic carbocycles. The number of ether oxygens (including phenoxy) is 2. The van der Waals surface area contributed by atoms with E-state index in [1.807, 2.05) is 0 Å². The molecule has 2 heterocycles. The van der Waals surface area contributed by atoms with Crippen molar-refractivity contribution in [3.63, 3.8) is 0 Å². The first-order valence-corrected chi connectivity index (χ1v) is 4.30. The van der Waals surface area contributed by atoms with Crippen LogP contribution < -0.4 is 5.73 Å². The highest BCUT2D eigenvalue weighted by Crippen LogP contribution is 2.40. The van der Waals surface area contributed by atoms with E-state index in [1.165, 1.54) is 0 Å². The zero-order valence-corrected chi connectivity index (χ0v) is 6.71. The van der Waals surface area contributed by atoms with Crippen molar-refractivity contribution in [3.8, 4) is 0 Å². The van der Waals surface area contributed by atoms with Gasteiger partial charge in [0.05, 0.1) is 11.7 Å². The zero-order valence-electron chi connectivity index (χ0n) is 6.71. The van der Waals surface area contributed by atoms with E-state index < -0.39 is 0 Å². The molecular weight excluding hydrogens is 142 g/mol. The average molecular weight is 157 g/mol. The van der Waals surface area contributed by atoms with Crippen molar-refractivity contribution in [3.05, 3.63) is 0 Å². The summed E-state index contributed by atoms with van der Waals surface area (Å²) in [6.07, 6.45) is 3.59. The third kappa shape index (κ3) is 1.28. The summed E-state index contributed by atoms with van der Waals surface area (Å²) in [5.41, 5.74) is 5.64. The predicted octanol–water partition coefficient (Wildman–Crippen LogP) is 0.283. The second-order valence-electron chi connectivity index (χ2n) is 3.48. The van der Waals surface area contributed by atoms with Gasteiger partial charge in [-0.1, -0.05) is 0 Å². The smallest absolute Gasteiger partial charge is 0.0756 e. The van der Waals surface area contributed by atoms with E-state index in [0.717, 1.165) is 32.5 Å². The molecular formula is C8H15NO2. The van der Waals surface area contributed by atoms with Crippen molar-refractivity contribution in [2.75, 3.05) is 19.8 Å². The molecule has 0 aromatic carbocycles. The van der Waals surface area contributed by atoms with Gasteiger partial charge >= 0.3 is 0 Å². The summed E-state index contributed by atoms with van der Waals surface area (Å²) >= 11 is 0. The Morgan fingerprint density at radius 3 is 2.55 bits per heavy atom. The van der Waals surface area contributed by atoms with Gasteiger partial charge in [-0.05, 0) is 12.8 Å². The summed E-state index contributed by atoms with van der Waals surface area (Å²) in [4.78, 5) is 0. The van der Waals surface area contributed by atoms with Crippen molar-refractivity contribution in [1.82, 2.24) is 0 Å². The molecule has 0 saturated carbocycles. The number of hydrogen-bond donors (Lipinski definition) is 1. The number of hydrogen-bond acceptors (Lipinski definition) is 3. The number of rotatable bonds is 1. The Bertz CT molecular complexity index is 135. The van der Waals surface area contributed by atoms with Crippen LogP contribution in [-0.4, -0.2) is 31.5 Å². The van der Waals surface area contributed by atoms with Gasteiger partial charge in [-0.15, -0.1) is 0 Å². The van der Waals surface area contributed by atoms with Gasteiger partial charge in [-0.25, -0.2) is 0 Å². The lowest BCUT2D eigenvalue weighted by Gasteiger charge is -2.49. The molecule has 64 valence electrons. The van der Waals surface area contributed by atoms with Gasteiger partial charge in [0.2, 0.25) is 0 Å². The zero-order chi connectivity index (χ0) is 7.73. The van der Waals surface area contributed by atoms with E-state index >= 15 is 0 Å². The summed E-state index contributed by atoms with van der Waals surface area (Å²) in [5, 5.41) is 0. The summed E-state index contributed by atoms with van der Waals surface area (Å²) in [5.74, 6) is 0. The first-order valence-electron chi connectivity index (χ1n) is 4.30. The molecule has 0 radical (unpaired) electrons. The molecule has 1 spiro atoms. The largest absolute Gasteiger partial charge is 0.381 e. The summed E-state index contributed by atoms with van der Waals surface area (Å²) < 4.78 is 11.0. The monoisotopic (exact) mass is 157 g/mol. The maximum atomic E-state index is 5.71. The Morgan fingerprint density at radius 1 is 1.36 bits per heavy atom. The van der Waals surface area contributed by atoms with Gasteiger partial charge in [0.1, 0.15) is 0 Å². The van der Waals surface area contributed by atoms with Crippen LogP contribution in [0.25, 0.3) is 0 Å². The first-order chi connectivity index (χ1) is 5.35. The number of nitrogens with two attached hydrogens (primary N) is 1. The average Bonchev–Trinajstić information content (AvgIpc) is 2.01. The Hall–Kier alpha value is -0.120. The van der Waals surface area contributed by atoms with Crippen molar-refractivity contribution in [2.24, 2.45) is 5.73 Å². The fourth-order valence-electron chi connectivity index (χ4n) is 1.96. The van der Waals surface area contributed by atoms with E-state index in [9.17, 15) is 0 Å². The fraction of sp³-hybridized carbons (Fsp3) is 1.00. The molecule has 11 heavy (non-hydrogen) atoms. The van der Waals surface area contributed by atoms with E-state index in [1.54, 1.807) is 0 Å². The molecule has 1 unspecified atom stereocenters. The van der Waals surface area contributed by atoms with E-state index in [4.69, 9.17) is 15.2 Å². The minimum Gasteiger partial charge on any atom is -0.381 e. The van der Waals surface area contributed by atoms with E-state index in [2.05, 4.69) is 0 Å². The third-order valence-electron chi connectivity index (χ3n) is 2.68. The molecule has 3 nitrogen and oxygen atoms in total. The second kappa shape index (κ2) is 2.73. The molecule has 0 bridgehead atoms. The summed E-state index contributed by atoms with van der Waals surface area (Å²) in [7, 11) is 0. The van der Waals surface area contributed by atoms with E-state index in [-0.39, 0.29) is 5.60 Å². The highest BCUT2D eigenvalue weighted by molar-refractivity contribution is 4.95. The standard InChI is InChI=1S/C8H15NO2/c9-6-7-5-8(11-7)1-3-10-4-2-8/h7H,1-6,9H2. The highest BCUT2D eigenvalue weighted by atomic mass is 16.5. The van der Waals surface area contributed by atoms with Crippen LogP contribution in [0, 0.1) is 0 Å². The SMILES string of the molecule is NCC1CC2(CCOCC2)O1. The summed E-state index contributed by atoms with van der Waals surface area (Å²) in [6.45, 7) is 2.39. The second-order valence-corrected chi connectivity index (χ2v) is 3.48. The van der Waals surface area contributed by atoms with Gasteiger partial charge in [-0.3, -0.25) is 0 Å². The maximum Gasteiger partial charge on any atom is 0.0756 e.